The quantitative estimate of drug-likeness (QED) is 0.346. The van der Waals surface area contributed by atoms with Crippen molar-refractivity contribution >= 4 is 45.2 Å². The van der Waals surface area contributed by atoms with Gasteiger partial charge >= 0.3 is 0 Å². The van der Waals surface area contributed by atoms with Crippen molar-refractivity contribution in [3.05, 3.63) is 56.8 Å². The van der Waals surface area contributed by atoms with Gasteiger partial charge in [-0.05, 0) is 38.4 Å². The molecule has 0 aliphatic heterocycles. The number of nitrogens with one attached hydrogen (secondary N) is 1. The van der Waals surface area contributed by atoms with Crippen LogP contribution in [-0.4, -0.2) is 37.4 Å². The van der Waals surface area contributed by atoms with Crippen LogP contribution in [0.5, 0.6) is 0 Å². The van der Waals surface area contributed by atoms with Crippen molar-refractivity contribution in [1.29, 1.82) is 0 Å². The normalized spacial score (nSPS) is 11.2. The van der Waals surface area contributed by atoms with Crippen LogP contribution in [0.25, 0.3) is 17.1 Å². The predicted molar refractivity (Wildman–Crippen MR) is 106 cm³/mol. The second kappa shape index (κ2) is 7.70. The van der Waals surface area contributed by atoms with Crippen LogP contribution in [0.3, 0.4) is 0 Å². The van der Waals surface area contributed by atoms with E-state index in [1.807, 2.05) is 42.5 Å². The van der Waals surface area contributed by atoms with Crippen molar-refractivity contribution in [3.8, 4) is 17.1 Å². The van der Waals surface area contributed by atoms with E-state index < -0.39 is 5.91 Å². The van der Waals surface area contributed by atoms with Gasteiger partial charge in [0.1, 0.15) is 5.69 Å². The van der Waals surface area contributed by atoms with Crippen LogP contribution >= 0.6 is 27.3 Å². The number of nitrogen functional groups attached to an aromatic ring is 1. The molecular weight excluding hydrogens is 448 g/mol. The van der Waals surface area contributed by atoms with Crippen LogP contribution in [0.4, 0.5) is 5.82 Å². The largest absolute Gasteiger partial charge is 0.378 e. The van der Waals surface area contributed by atoms with E-state index in [9.17, 15) is 4.79 Å². The highest BCUT2D eigenvalue weighted by molar-refractivity contribution is 9.11. The maximum absolute atomic E-state index is 12.9. The van der Waals surface area contributed by atoms with Crippen molar-refractivity contribution in [3.63, 3.8) is 0 Å². The number of nitrogens with two attached hydrogens (primary N) is 1. The number of nitrogens with zero attached hydrogens (tertiary/aromatic N) is 6. The zero-order valence-corrected chi connectivity index (χ0v) is 16.4. The highest BCUT2D eigenvalue weighted by atomic mass is 79.9. The summed E-state index contributed by atoms with van der Waals surface area (Å²) in [5.74, 6) is -0.505. The number of hydrazone groups is 1. The summed E-state index contributed by atoms with van der Waals surface area (Å²) in [4.78, 5) is 13.7. The zero-order chi connectivity index (χ0) is 19.5. The topological polar surface area (TPSA) is 137 Å². The Balaban J connectivity index is 1.70. The van der Waals surface area contributed by atoms with Crippen LogP contribution < -0.4 is 11.2 Å². The molecule has 0 spiro atoms. The fourth-order valence-electron chi connectivity index (χ4n) is 2.37. The second-order valence-corrected chi connectivity index (χ2v) is 7.87. The van der Waals surface area contributed by atoms with Gasteiger partial charge in [0.2, 0.25) is 11.6 Å². The molecule has 3 N–H and O–H groups in total. The van der Waals surface area contributed by atoms with Gasteiger partial charge in [0, 0.05) is 10.4 Å². The Hall–Kier alpha value is -3.38. The number of carbonyl (C=O) groups excluding carboxylic acids is 1. The van der Waals surface area contributed by atoms with Crippen molar-refractivity contribution < 1.29 is 9.42 Å². The lowest BCUT2D eigenvalue weighted by Gasteiger charge is -2.04. The van der Waals surface area contributed by atoms with Crippen molar-refractivity contribution in [2.75, 3.05) is 5.73 Å². The molecule has 0 saturated heterocycles. The molecule has 12 heteroatoms. The average Bonchev–Trinajstić information content (AvgIpc) is 3.42. The first-order valence-corrected chi connectivity index (χ1v) is 9.42. The average molecular weight is 459 g/mol. The summed E-state index contributed by atoms with van der Waals surface area (Å²) in [6.45, 7) is 0. The molecule has 1 aromatic carbocycles. The Morgan fingerprint density at radius 1 is 1.25 bits per heavy atom. The van der Waals surface area contributed by atoms with E-state index in [0.29, 0.717) is 11.3 Å². The monoisotopic (exact) mass is 458 g/mol. The van der Waals surface area contributed by atoms with Gasteiger partial charge in [0.25, 0.3) is 5.91 Å². The summed E-state index contributed by atoms with van der Waals surface area (Å²) in [5, 5.41) is 19.3. The number of anilines is 1. The van der Waals surface area contributed by atoms with E-state index in [4.69, 9.17) is 5.73 Å². The Morgan fingerprint density at radius 3 is 2.75 bits per heavy atom. The minimum atomic E-state index is -0.543. The summed E-state index contributed by atoms with van der Waals surface area (Å²) in [6.07, 6.45) is 1.54. The molecule has 4 rings (SSSR count). The van der Waals surface area contributed by atoms with Gasteiger partial charge in [-0.3, -0.25) is 4.79 Å². The molecule has 1 amide bonds. The molecular formula is C16H11BrN8O2S. The van der Waals surface area contributed by atoms with Crippen LogP contribution in [0.2, 0.25) is 0 Å². The summed E-state index contributed by atoms with van der Waals surface area (Å²) in [7, 11) is 0. The molecule has 28 heavy (non-hydrogen) atoms. The number of carbonyl (C=O) groups is 1. The van der Waals surface area contributed by atoms with E-state index in [0.717, 1.165) is 8.66 Å². The standard InChI is InChI=1S/C16H11BrN8O2S/c17-11-7-6-10(28-11)8-19-21-16(26)13-12(9-4-2-1-3-5-9)20-24-25(13)15-14(18)22-27-23-15/h1-8H,(H2,18,22)(H,21,26)/b19-8+. The third kappa shape index (κ3) is 3.54. The molecule has 3 heterocycles. The SMILES string of the molecule is Nc1nonc1-n1nnc(-c2ccccc2)c1C(=O)N/N=C/c1ccc(Br)s1. The highest BCUT2D eigenvalue weighted by Gasteiger charge is 2.25. The first-order chi connectivity index (χ1) is 13.6. The predicted octanol–water partition coefficient (Wildman–Crippen LogP) is 2.49. The van der Waals surface area contributed by atoms with Crippen molar-refractivity contribution in [2.45, 2.75) is 0 Å². The molecule has 4 aromatic rings. The number of rotatable bonds is 5. The molecule has 0 unspecified atom stereocenters. The van der Waals surface area contributed by atoms with E-state index in [1.54, 1.807) is 0 Å². The van der Waals surface area contributed by atoms with Crippen molar-refractivity contribution in [1.82, 2.24) is 30.7 Å². The van der Waals surface area contributed by atoms with Crippen molar-refractivity contribution in [2.24, 2.45) is 5.10 Å². The van der Waals surface area contributed by atoms with Crippen LogP contribution in [0.15, 0.2) is 56.0 Å². The number of hydrogen-bond donors (Lipinski definition) is 2. The minimum absolute atomic E-state index is 0.0227. The van der Waals surface area contributed by atoms with E-state index >= 15 is 0 Å². The van der Waals surface area contributed by atoms with Gasteiger partial charge in [0.05, 0.1) is 10.0 Å². The van der Waals surface area contributed by atoms with E-state index in [-0.39, 0.29) is 17.3 Å². The molecule has 0 radical (unpaired) electrons. The fraction of sp³-hybridized carbons (Fsp3) is 0. The Labute approximate surface area is 170 Å². The molecule has 10 nitrogen and oxygen atoms in total. The lowest BCUT2D eigenvalue weighted by molar-refractivity contribution is 0.0948. The summed E-state index contributed by atoms with van der Waals surface area (Å²) in [5.41, 5.74) is 9.36. The molecule has 0 atom stereocenters. The van der Waals surface area contributed by atoms with Gasteiger partial charge in [-0.25, -0.2) is 10.1 Å². The third-order valence-electron chi connectivity index (χ3n) is 3.58. The fourth-order valence-corrected chi connectivity index (χ4v) is 3.66. The Bertz CT molecular complexity index is 1150. The highest BCUT2D eigenvalue weighted by Crippen LogP contribution is 2.24. The van der Waals surface area contributed by atoms with Gasteiger partial charge in [-0.15, -0.1) is 16.4 Å². The summed E-state index contributed by atoms with van der Waals surface area (Å²) in [6, 6.07) is 12.9. The smallest absolute Gasteiger partial charge is 0.292 e. The molecule has 0 aliphatic carbocycles. The molecule has 140 valence electrons. The minimum Gasteiger partial charge on any atom is -0.378 e. The number of halogens is 1. The maximum Gasteiger partial charge on any atom is 0.292 e. The first-order valence-electron chi connectivity index (χ1n) is 7.82. The molecule has 0 bridgehead atoms. The summed E-state index contributed by atoms with van der Waals surface area (Å²) >= 11 is 4.85. The van der Waals surface area contributed by atoms with E-state index in [2.05, 4.69) is 51.7 Å². The third-order valence-corrected chi connectivity index (χ3v) is 5.14. The van der Waals surface area contributed by atoms with Crippen LogP contribution in [-0.2, 0) is 0 Å². The number of hydrogen-bond acceptors (Lipinski definition) is 9. The summed E-state index contributed by atoms with van der Waals surface area (Å²) < 4.78 is 6.74. The van der Waals surface area contributed by atoms with Crippen LogP contribution in [0, 0.1) is 0 Å². The maximum atomic E-state index is 12.9. The van der Waals surface area contributed by atoms with Gasteiger partial charge < -0.3 is 5.73 Å². The number of thiophene rings is 1. The molecule has 0 aliphatic rings. The lowest BCUT2D eigenvalue weighted by atomic mass is 10.1. The molecule has 3 aromatic heterocycles. The second-order valence-electron chi connectivity index (χ2n) is 5.38. The van der Waals surface area contributed by atoms with Gasteiger partial charge in [-0.1, -0.05) is 35.5 Å². The molecule has 0 fully saturated rings. The lowest BCUT2D eigenvalue weighted by Crippen LogP contribution is -2.22. The van der Waals surface area contributed by atoms with Gasteiger partial charge in [-0.2, -0.15) is 9.78 Å². The van der Waals surface area contributed by atoms with Gasteiger partial charge in [0.15, 0.2) is 5.69 Å². The van der Waals surface area contributed by atoms with Crippen LogP contribution in [0.1, 0.15) is 15.4 Å². The zero-order valence-electron chi connectivity index (χ0n) is 14.0. The number of amides is 1. The molecule has 0 saturated carbocycles. The number of aromatic nitrogens is 5. The Morgan fingerprint density at radius 2 is 2.07 bits per heavy atom. The number of benzene rings is 1. The van der Waals surface area contributed by atoms with E-state index in [1.165, 1.54) is 22.2 Å². The first kappa shape index (κ1) is 18.0. The Kier molecular flexibility index (Phi) is 4.95.